The van der Waals surface area contributed by atoms with Crippen molar-refractivity contribution in [3.05, 3.63) is 22.1 Å². The molecule has 0 aliphatic carbocycles. The van der Waals surface area contributed by atoms with Gasteiger partial charge in [-0.15, -0.1) is 0 Å². The molecule has 3 rings (SSSR count). The van der Waals surface area contributed by atoms with Gasteiger partial charge in [0.2, 0.25) is 11.0 Å². The van der Waals surface area contributed by atoms with Crippen molar-refractivity contribution in [1.82, 2.24) is 19.9 Å². The molecule has 3 heterocycles. The van der Waals surface area contributed by atoms with Gasteiger partial charge in [-0.05, 0) is 29.3 Å². The maximum Gasteiger partial charge on any atom is 0.357 e. The molecule has 0 saturated heterocycles. The van der Waals surface area contributed by atoms with E-state index >= 15 is 0 Å². The van der Waals surface area contributed by atoms with Crippen molar-refractivity contribution >= 4 is 44.7 Å². The first-order chi connectivity index (χ1) is 11.5. The van der Waals surface area contributed by atoms with E-state index in [1.807, 2.05) is 13.8 Å². The minimum atomic E-state index is -1.15. The number of aromatic nitrogens is 4. The second-order valence-electron chi connectivity index (χ2n) is 4.64. The molecule has 0 aliphatic rings. The van der Waals surface area contributed by atoms with Crippen LogP contribution in [0.5, 0.6) is 5.88 Å². The number of carboxylic acid groups (broad SMARTS) is 1. The van der Waals surface area contributed by atoms with Crippen LogP contribution in [0.15, 0.2) is 25.5 Å². The predicted molar refractivity (Wildman–Crippen MR) is 89.7 cm³/mol. The summed E-state index contributed by atoms with van der Waals surface area (Å²) in [7, 11) is 0. The lowest BCUT2D eigenvalue weighted by Crippen LogP contribution is -1.98. The number of fused-ring (bicyclic) bond motifs is 1. The van der Waals surface area contributed by atoms with E-state index in [0.717, 1.165) is 40.0 Å². The number of hydrogen-bond acceptors (Lipinski definition) is 7. The number of oxazole rings is 1. The van der Waals surface area contributed by atoms with Gasteiger partial charge in [0.15, 0.2) is 5.69 Å². The van der Waals surface area contributed by atoms with E-state index in [0.29, 0.717) is 23.3 Å². The largest absolute Gasteiger partial charge is 0.477 e. The molecule has 0 atom stereocenters. The number of aryl methyl sites for hydroxylation is 1. The summed E-state index contributed by atoms with van der Waals surface area (Å²) in [5.74, 6) is -0.712. The van der Waals surface area contributed by atoms with Gasteiger partial charge < -0.3 is 19.2 Å². The van der Waals surface area contributed by atoms with Crippen LogP contribution in [0, 0.1) is 0 Å². The van der Waals surface area contributed by atoms with Crippen molar-refractivity contribution < 1.29 is 19.1 Å². The molecule has 8 nitrogen and oxygen atoms in total. The number of H-pyrrole nitrogens is 1. The third-order valence-electron chi connectivity index (χ3n) is 3.12. The summed E-state index contributed by atoms with van der Waals surface area (Å²) in [5.41, 5.74) is 1.45. The SMILES string of the molecule is CCOc1nc(Sc2nc(C(=O)O)co2)nc2[nH]c(CC)c(Br)c12. The third-order valence-corrected chi connectivity index (χ3v) is 4.73. The monoisotopic (exact) mass is 412 g/mol. The lowest BCUT2D eigenvalue weighted by molar-refractivity contribution is 0.0690. The Balaban J connectivity index is 2.02. The number of aromatic amines is 1. The normalized spacial score (nSPS) is 11.1. The molecule has 0 aromatic carbocycles. The predicted octanol–water partition coefficient (Wildman–Crippen LogP) is 3.52. The van der Waals surface area contributed by atoms with Crippen LogP contribution in [-0.2, 0) is 6.42 Å². The van der Waals surface area contributed by atoms with Gasteiger partial charge in [0.1, 0.15) is 11.9 Å². The molecular weight excluding hydrogens is 400 g/mol. The number of carbonyl (C=O) groups is 1. The smallest absolute Gasteiger partial charge is 0.357 e. The van der Waals surface area contributed by atoms with E-state index < -0.39 is 5.97 Å². The molecule has 3 aromatic heterocycles. The minimum absolute atomic E-state index is 0.149. The lowest BCUT2D eigenvalue weighted by Gasteiger charge is -2.05. The Labute approximate surface area is 149 Å². The highest BCUT2D eigenvalue weighted by molar-refractivity contribution is 9.10. The van der Waals surface area contributed by atoms with Gasteiger partial charge >= 0.3 is 5.97 Å². The number of carboxylic acids is 1. The third kappa shape index (κ3) is 3.11. The van der Waals surface area contributed by atoms with E-state index in [1.165, 1.54) is 0 Å². The van der Waals surface area contributed by atoms with Crippen molar-refractivity contribution in [2.24, 2.45) is 0 Å². The molecule has 0 aliphatic heterocycles. The van der Waals surface area contributed by atoms with Gasteiger partial charge in [-0.1, -0.05) is 6.92 Å². The van der Waals surface area contributed by atoms with Crippen molar-refractivity contribution in [3.8, 4) is 5.88 Å². The summed E-state index contributed by atoms with van der Waals surface area (Å²) >= 11 is 4.57. The van der Waals surface area contributed by atoms with Gasteiger partial charge in [0.25, 0.3) is 5.22 Å². The van der Waals surface area contributed by atoms with Gasteiger partial charge in [-0.3, -0.25) is 0 Å². The molecule has 0 amide bonds. The Morgan fingerprint density at radius 1 is 1.42 bits per heavy atom. The maximum absolute atomic E-state index is 10.9. The maximum atomic E-state index is 10.9. The van der Waals surface area contributed by atoms with Crippen LogP contribution < -0.4 is 4.74 Å². The zero-order valence-electron chi connectivity index (χ0n) is 12.8. The van der Waals surface area contributed by atoms with E-state index in [1.54, 1.807) is 0 Å². The van der Waals surface area contributed by atoms with Crippen molar-refractivity contribution in [1.29, 1.82) is 0 Å². The molecule has 0 fully saturated rings. The molecule has 0 unspecified atom stereocenters. The zero-order chi connectivity index (χ0) is 17.3. The average Bonchev–Trinajstić information content (AvgIpc) is 3.12. The van der Waals surface area contributed by atoms with E-state index in [4.69, 9.17) is 14.3 Å². The summed E-state index contributed by atoms with van der Waals surface area (Å²) in [6.07, 6.45) is 1.87. The summed E-state index contributed by atoms with van der Waals surface area (Å²) in [5, 5.41) is 10.2. The Bertz CT molecular complexity index is 908. The van der Waals surface area contributed by atoms with Crippen LogP contribution in [0.4, 0.5) is 0 Å². The summed E-state index contributed by atoms with van der Waals surface area (Å²) in [6, 6.07) is 0. The van der Waals surface area contributed by atoms with Crippen LogP contribution in [0.1, 0.15) is 30.0 Å². The van der Waals surface area contributed by atoms with E-state index in [-0.39, 0.29) is 10.9 Å². The highest BCUT2D eigenvalue weighted by atomic mass is 79.9. The zero-order valence-corrected chi connectivity index (χ0v) is 15.2. The standard InChI is InChI=1S/C14H13BrN4O4S/c1-3-6-9(15)8-10(16-6)18-13(19-11(8)22-4-2)24-14-17-7(5-23-14)12(20)21/h5H,3-4H2,1-2H3,(H,20,21)(H,16,18,19). The van der Waals surface area contributed by atoms with Crippen LogP contribution in [-0.4, -0.2) is 37.6 Å². The van der Waals surface area contributed by atoms with Gasteiger partial charge in [0, 0.05) is 17.5 Å². The number of ether oxygens (including phenoxy) is 1. The molecule has 24 heavy (non-hydrogen) atoms. The number of rotatable bonds is 6. The van der Waals surface area contributed by atoms with Crippen LogP contribution >= 0.6 is 27.7 Å². The fourth-order valence-electron chi connectivity index (χ4n) is 2.07. The second-order valence-corrected chi connectivity index (χ2v) is 6.36. The molecule has 126 valence electrons. The molecule has 0 bridgehead atoms. The quantitative estimate of drug-likeness (QED) is 0.590. The Morgan fingerprint density at radius 2 is 2.21 bits per heavy atom. The minimum Gasteiger partial charge on any atom is -0.477 e. The topological polar surface area (TPSA) is 114 Å². The van der Waals surface area contributed by atoms with Gasteiger partial charge in [0.05, 0.1) is 16.5 Å². The Morgan fingerprint density at radius 3 is 2.83 bits per heavy atom. The van der Waals surface area contributed by atoms with Crippen LogP contribution in [0.25, 0.3) is 11.0 Å². The van der Waals surface area contributed by atoms with Gasteiger partial charge in [-0.25, -0.2) is 9.78 Å². The molecule has 10 heteroatoms. The second kappa shape index (κ2) is 6.81. The van der Waals surface area contributed by atoms with E-state index in [2.05, 4.69) is 35.9 Å². The number of nitrogens with one attached hydrogen (secondary N) is 1. The molecule has 0 radical (unpaired) electrons. The number of halogens is 1. The summed E-state index contributed by atoms with van der Waals surface area (Å²) < 4.78 is 11.6. The first-order valence-electron chi connectivity index (χ1n) is 7.11. The van der Waals surface area contributed by atoms with Crippen molar-refractivity contribution in [3.63, 3.8) is 0 Å². The van der Waals surface area contributed by atoms with Crippen molar-refractivity contribution in [2.45, 2.75) is 30.6 Å². The molecule has 3 aromatic rings. The first kappa shape index (κ1) is 16.8. The lowest BCUT2D eigenvalue weighted by atomic mass is 10.3. The van der Waals surface area contributed by atoms with Gasteiger partial charge in [-0.2, -0.15) is 9.97 Å². The fourth-order valence-corrected chi connectivity index (χ4v) is 3.47. The summed E-state index contributed by atoms with van der Waals surface area (Å²) in [6.45, 7) is 4.35. The number of aromatic carboxylic acids is 1. The average molecular weight is 413 g/mol. The first-order valence-corrected chi connectivity index (χ1v) is 8.72. The van der Waals surface area contributed by atoms with Crippen LogP contribution in [0.3, 0.4) is 0 Å². The Hall–Kier alpha value is -2.07. The van der Waals surface area contributed by atoms with Crippen LogP contribution in [0.2, 0.25) is 0 Å². The molecular formula is C14H13BrN4O4S. The number of hydrogen-bond donors (Lipinski definition) is 2. The Kier molecular flexibility index (Phi) is 4.76. The molecule has 2 N–H and O–H groups in total. The summed E-state index contributed by atoms with van der Waals surface area (Å²) in [4.78, 5) is 26.8. The highest BCUT2D eigenvalue weighted by Gasteiger charge is 2.19. The molecule has 0 saturated carbocycles. The van der Waals surface area contributed by atoms with E-state index in [9.17, 15) is 4.79 Å². The van der Waals surface area contributed by atoms with Crippen molar-refractivity contribution in [2.75, 3.05) is 6.61 Å². The number of nitrogens with zero attached hydrogens (tertiary/aromatic N) is 3. The fraction of sp³-hybridized carbons (Fsp3) is 0.286. The molecule has 0 spiro atoms. The highest BCUT2D eigenvalue weighted by Crippen LogP contribution is 2.36.